The van der Waals surface area contributed by atoms with E-state index in [1.165, 1.54) is 38.5 Å². The van der Waals surface area contributed by atoms with Crippen LogP contribution < -0.4 is 9.47 Å². The molecule has 0 atom stereocenters. The van der Waals surface area contributed by atoms with Gasteiger partial charge in [0.25, 0.3) is 0 Å². The Hall–Kier alpha value is -2.37. The number of hydrogen-bond acceptors (Lipinski definition) is 5. The van der Waals surface area contributed by atoms with Crippen molar-refractivity contribution in [2.75, 3.05) is 52.5 Å². The Morgan fingerprint density at radius 3 is 1.69 bits per heavy atom. The van der Waals surface area contributed by atoms with Crippen molar-refractivity contribution in [1.29, 1.82) is 0 Å². The Morgan fingerprint density at radius 2 is 1.12 bits per heavy atom. The van der Waals surface area contributed by atoms with Crippen LogP contribution in [0.5, 0.6) is 11.5 Å². The summed E-state index contributed by atoms with van der Waals surface area (Å²) in [5, 5.41) is 0. The molecule has 5 nitrogen and oxygen atoms in total. The van der Waals surface area contributed by atoms with Gasteiger partial charge in [-0.3, -0.25) is 14.6 Å². The molecule has 2 heterocycles. The van der Waals surface area contributed by atoms with Crippen molar-refractivity contribution in [3.63, 3.8) is 0 Å². The van der Waals surface area contributed by atoms with Gasteiger partial charge in [-0.05, 0) is 64.0 Å². The highest BCUT2D eigenvalue weighted by molar-refractivity contribution is 6.24. The molecule has 1 aliphatic carbocycles. The molecule has 0 amide bonds. The van der Waals surface area contributed by atoms with Crippen LogP contribution in [0.15, 0.2) is 36.4 Å². The van der Waals surface area contributed by atoms with Crippen LogP contribution in [0.1, 0.15) is 54.4 Å². The first-order valence-corrected chi connectivity index (χ1v) is 12.3. The normalized spacial score (nSPS) is 18.9. The number of likely N-dealkylation sites (tertiary alicyclic amines) is 2. The zero-order chi connectivity index (χ0) is 21.8. The minimum atomic E-state index is 0.0463. The van der Waals surface area contributed by atoms with Gasteiger partial charge >= 0.3 is 0 Å². The lowest BCUT2D eigenvalue weighted by Crippen LogP contribution is -2.33. The third-order valence-electron chi connectivity index (χ3n) is 7.02. The number of ether oxygens (including phenoxy) is 2. The molecule has 0 aromatic heterocycles. The van der Waals surface area contributed by atoms with Crippen molar-refractivity contribution >= 4 is 5.78 Å². The monoisotopic (exact) mass is 434 g/mol. The van der Waals surface area contributed by atoms with E-state index in [2.05, 4.69) is 9.80 Å². The van der Waals surface area contributed by atoms with Gasteiger partial charge in [-0.25, -0.2) is 0 Å². The molecule has 2 aliphatic heterocycles. The van der Waals surface area contributed by atoms with E-state index in [1.807, 2.05) is 36.4 Å². The lowest BCUT2D eigenvalue weighted by molar-refractivity contribution is 0.103. The topological polar surface area (TPSA) is 42.0 Å². The molecule has 5 rings (SSSR count). The third kappa shape index (κ3) is 4.55. The Bertz CT molecular complexity index is 946. The van der Waals surface area contributed by atoms with Crippen LogP contribution >= 0.6 is 0 Å². The highest BCUT2D eigenvalue weighted by Gasteiger charge is 2.32. The van der Waals surface area contributed by atoms with Crippen LogP contribution in [0.2, 0.25) is 0 Å². The summed E-state index contributed by atoms with van der Waals surface area (Å²) in [4.78, 5) is 18.2. The maximum atomic E-state index is 13.3. The van der Waals surface area contributed by atoms with Gasteiger partial charge in [0.2, 0.25) is 0 Å². The summed E-state index contributed by atoms with van der Waals surface area (Å²) in [6.07, 6.45) is 7.78. The van der Waals surface area contributed by atoms with Crippen molar-refractivity contribution < 1.29 is 14.3 Å². The average Bonchev–Trinajstić information content (AvgIpc) is 3.14. The molecule has 32 heavy (non-hydrogen) atoms. The number of nitrogens with zero attached hydrogens (tertiary/aromatic N) is 2. The molecular weight excluding hydrogens is 400 g/mol. The van der Waals surface area contributed by atoms with Gasteiger partial charge in [0.1, 0.15) is 24.7 Å². The molecule has 2 fully saturated rings. The fourth-order valence-corrected chi connectivity index (χ4v) is 5.28. The lowest BCUT2D eigenvalue weighted by Gasteiger charge is -2.26. The fraction of sp³-hybridized carbons (Fsp3) is 0.519. The summed E-state index contributed by atoms with van der Waals surface area (Å²) >= 11 is 0. The number of hydrogen-bond donors (Lipinski definition) is 0. The van der Waals surface area contributed by atoms with E-state index in [9.17, 15) is 4.79 Å². The molecule has 0 bridgehead atoms. The van der Waals surface area contributed by atoms with E-state index in [0.29, 0.717) is 24.5 Å². The number of ketones is 1. The molecule has 0 saturated carbocycles. The number of carbonyl (C=O) groups is 1. The second-order valence-corrected chi connectivity index (χ2v) is 9.19. The highest BCUT2D eigenvalue weighted by Crippen LogP contribution is 2.45. The van der Waals surface area contributed by atoms with E-state index in [0.717, 1.165) is 61.7 Å². The van der Waals surface area contributed by atoms with E-state index in [1.54, 1.807) is 0 Å². The SMILES string of the molecule is O=C1c2cccc(OCCN3CCCCC3)c2-c2cccc(OCCN3CCCCC3)c21. The van der Waals surface area contributed by atoms with Crippen LogP contribution in [0.25, 0.3) is 11.1 Å². The smallest absolute Gasteiger partial charge is 0.198 e. The quantitative estimate of drug-likeness (QED) is 0.517. The number of benzene rings is 2. The van der Waals surface area contributed by atoms with Crippen LogP contribution in [0.3, 0.4) is 0 Å². The Balaban J connectivity index is 1.29. The summed E-state index contributed by atoms with van der Waals surface area (Å²) in [6.45, 7) is 7.73. The minimum Gasteiger partial charge on any atom is -0.492 e. The maximum absolute atomic E-state index is 13.3. The summed E-state index contributed by atoms with van der Waals surface area (Å²) in [5.41, 5.74) is 3.28. The van der Waals surface area contributed by atoms with E-state index in [4.69, 9.17) is 9.47 Å². The first kappa shape index (κ1) is 21.5. The predicted molar refractivity (Wildman–Crippen MR) is 127 cm³/mol. The highest BCUT2D eigenvalue weighted by atomic mass is 16.5. The lowest BCUT2D eigenvalue weighted by atomic mass is 10.0. The Kier molecular flexibility index (Phi) is 6.75. The molecule has 0 spiro atoms. The van der Waals surface area contributed by atoms with Crippen molar-refractivity contribution in [1.82, 2.24) is 9.80 Å². The van der Waals surface area contributed by atoms with Crippen molar-refractivity contribution in [3.8, 4) is 22.6 Å². The molecule has 2 saturated heterocycles. The zero-order valence-corrected chi connectivity index (χ0v) is 19.0. The molecule has 3 aliphatic rings. The van der Waals surface area contributed by atoms with E-state index in [-0.39, 0.29) is 5.78 Å². The summed E-state index contributed by atoms with van der Waals surface area (Å²) < 4.78 is 12.4. The first-order chi connectivity index (χ1) is 15.8. The molecule has 0 radical (unpaired) electrons. The largest absolute Gasteiger partial charge is 0.492 e. The Labute approximate surface area is 191 Å². The van der Waals surface area contributed by atoms with Crippen molar-refractivity contribution in [2.24, 2.45) is 0 Å². The molecule has 2 aromatic carbocycles. The third-order valence-corrected chi connectivity index (χ3v) is 7.02. The Morgan fingerprint density at radius 1 is 0.625 bits per heavy atom. The molecule has 5 heteroatoms. The number of carbonyl (C=O) groups excluding carboxylic acids is 1. The molecule has 0 N–H and O–H groups in total. The molecule has 0 unspecified atom stereocenters. The zero-order valence-electron chi connectivity index (χ0n) is 19.0. The molecule has 2 aromatic rings. The van der Waals surface area contributed by atoms with Crippen molar-refractivity contribution in [3.05, 3.63) is 47.5 Å². The predicted octanol–water partition coefficient (Wildman–Crippen LogP) is 4.63. The van der Waals surface area contributed by atoms with Gasteiger partial charge in [-0.15, -0.1) is 0 Å². The number of piperidine rings is 2. The number of rotatable bonds is 8. The number of fused-ring (bicyclic) bond motifs is 3. The van der Waals surface area contributed by atoms with Crippen LogP contribution in [-0.2, 0) is 0 Å². The average molecular weight is 435 g/mol. The second-order valence-electron chi connectivity index (χ2n) is 9.19. The molecule has 170 valence electrons. The summed E-state index contributed by atoms with van der Waals surface area (Å²) in [7, 11) is 0. The molecular formula is C27H34N2O3. The van der Waals surface area contributed by atoms with E-state index >= 15 is 0 Å². The van der Waals surface area contributed by atoms with Crippen molar-refractivity contribution in [2.45, 2.75) is 38.5 Å². The summed E-state index contributed by atoms with van der Waals surface area (Å²) in [6, 6.07) is 11.8. The second kappa shape index (κ2) is 10.1. The van der Waals surface area contributed by atoms with Gasteiger partial charge in [-0.1, -0.05) is 37.1 Å². The van der Waals surface area contributed by atoms with Crippen LogP contribution in [0.4, 0.5) is 0 Å². The van der Waals surface area contributed by atoms with Gasteiger partial charge in [0.15, 0.2) is 5.78 Å². The summed E-state index contributed by atoms with van der Waals surface area (Å²) in [5.74, 6) is 1.54. The fourth-order valence-electron chi connectivity index (χ4n) is 5.28. The first-order valence-electron chi connectivity index (χ1n) is 12.3. The maximum Gasteiger partial charge on any atom is 0.198 e. The van der Waals surface area contributed by atoms with Gasteiger partial charge in [0.05, 0.1) is 5.56 Å². The van der Waals surface area contributed by atoms with Crippen LogP contribution in [0, 0.1) is 0 Å². The van der Waals surface area contributed by atoms with E-state index < -0.39 is 0 Å². The van der Waals surface area contributed by atoms with Gasteiger partial charge in [0, 0.05) is 29.8 Å². The van der Waals surface area contributed by atoms with Gasteiger partial charge < -0.3 is 9.47 Å². The standard InChI is InChI=1S/C27H34N2O3/c30-27-22-10-8-11-23(31-19-17-28-13-3-1-4-14-28)25(22)21-9-7-12-24(26(21)27)32-20-18-29-15-5-2-6-16-29/h7-12H,1-6,13-20H2. The van der Waals surface area contributed by atoms with Crippen LogP contribution in [-0.4, -0.2) is 68.1 Å². The minimum absolute atomic E-state index is 0.0463. The van der Waals surface area contributed by atoms with Gasteiger partial charge in [-0.2, -0.15) is 0 Å².